The molecule has 0 bridgehead atoms. The van der Waals surface area contributed by atoms with Crippen molar-refractivity contribution in [3.63, 3.8) is 0 Å². The first-order valence-corrected chi connectivity index (χ1v) is 11.8. The van der Waals surface area contributed by atoms with Crippen LogP contribution in [0.2, 0.25) is 0 Å². The fourth-order valence-corrected chi connectivity index (χ4v) is 5.06. The topological polar surface area (TPSA) is 184 Å². The minimum Gasteiger partial charge on any atom is -0.468 e. The number of anilines is 1. The molecule has 1 fully saturated rings. The number of hydrogen-bond acceptors (Lipinski definition) is 11. The molecule has 5 N–H and O–H groups in total. The van der Waals surface area contributed by atoms with Crippen molar-refractivity contribution in [1.82, 2.24) is 14.6 Å². The van der Waals surface area contributed by atoms with E-state index in [2.05, 4.69) is 14.8 Å². The van der Waals surface area contributed by atoms with Gasteiger partial charge in [0.1, 0.15) is 35.9 Å². The predicted molar refractivity (Wildman–Crippen MR) is 119 cm³/mol. The van der Waals surface area contributed by atoms with Gasteiger partial charge in [0.2, 0.25) is 0 Å². The van der Waals surface area contributed by atoms with Crippen molar-refractivity contribution < 1.29 is 38.1 Å². The van der Waals surface area contributed by atoms with Crippen molar-refractivity contribution in [3.8, 4) is 5.75 Å². The van der Waals surface area contributed by atoms with Gasteiger partial charge >= 0.3 is 19.4 Å². The molecule has 2 heterocycles. The SMILES string of the molecule is COC(=O)[C@H](C)NP(=O)(Oc1ccccc1)O[C@@H](C)C1O[C@@H](n2ccc(N)nc2=O)[C@@H](O)C1O. The van der Waals surface area contributed by atoms with Crippen molar-refractivity contribution in [2.45, 2.75) is 50.5 Å². The zero-order chi connectivity index (χ0) is 25.0. The van der Waals surface area contributed by atoms with E-state index in [9.17, 15) is 24.4 Å². The number of aliphatic hydroxyl groups is 2. The Labute approximate surface area is 195 Å². The van der Waals surface area contributed by atoms with E-state index in [1.807, 2.05) is 0 Å². The Hall–Kier alpha value is -2.80. The van der Waals surface area contributed by atoms with Crippen LogP contribution in [-0.2, 0) is 23.4 Å². The maximum atomic E-state index is 13.6. The number of hydrogen-bond donors (Lipinski definition) is 4. The van der Waals surface area contributed by atoms with E-state index in [0.717, 1.165) is 4.57 Å². The summed E-state index contributed by atoms with van der Waals surface area (Å²) in [6, 6.07) is 8.35. The molecular formula is C20H27N4O9P. The second-order valence-electron chi connectivity index (χ2n) is 7.60. The molecule has 0 radical (unpaired) electrons. The number of nitrogens with two attached hydrogens (primary N) is 1. The molecule has 1 aliphatic heterocycles. The van der Waals surface area contributed by atoms with Crippen molar-refractivity contribution >= 4 is 19.5 Å². The normalized spacial score (nSPS) is 25.8. The molecule has 186 valence electrons. The number of nitrogen functional groups attached to an aromatic ring is 1. The number of carbonyl (C=O) groups excluding carboxylic acids is 1. The van der Waals surface area contributed by atoms with Crippen LogP contribution < -0.4 is 21.0 Å². The zero-order valence-corrected chi connectivity index (χ0v) is 19.6. The molecular weight excluding hydrogens is 471 g/mol. The van der Waals surface area contributed by atoms with Gasteiger partial charge in [-0.05, 0) is 32.0 Å². The number of benzene rings is 1. The maximum Gasteiger partial charge on any atom is 0.459 e. The van der Waals surface area contributed by atoms with Crippen LogP contribution in [-0.4, -0.2) is 63.3 Å². The van der Waals surface area contributed by atoms with Crippen LogP contribution in [0.15, 0.2) is 47.4 Å². The van der Waals surface area contributed by atoms with E-state index in [-0.39, 0.29) is 11.6 Å². The summed E-state index contributed by atoms with van der Waals surface area (Å²) in [7, 11) is -3.08. The molecule has 0 saturated carbocycles. The van der Waals surface area contributed by atoms with Gasteiger partial charge in [0, 0.05) is 6.20 Å². The monoisotopic (exact) mass is 498 g/mol. The average Bonchev–Trinajstić information content (AvgIpc) is 3.08. The summed E-state index contributed by atoms with van der Waals surface area (Å²) in [6.07, 6.45) is -5.46. The molecule has 1 aromatic heterocycles. The van der Waals surface area contributed by atoms with Gasteiger partial charge in [-0.25, -0.2) is 9.36 Å². The van der Waals surface area contributed by atoms with Crippen molar-refractivity contribution in [2.75, 3.05) is 12.8 Å². The molecule has 14 heteroatoms. The molecule has 1 saturated heterocycles. The molecule has 0 amide bonds. The molecule has 0 spiro atoms. The third kappa shape index (κ3) is 5.81. The first-order valence-electron chi connectivity index (χ1n) is 10.3. The summed E-state index contributed by atoms with van der Waals surface area (Å²) in [5.41, 5.74) is 4.69. The minimum absolute atomic E-state index is 0.0210. The highest BCUT2D eigenvalue weighted by atomic mass is 31.2. The smallest absolute Gasteiger partial charge is 0.459 e. The molecule has 2 aromatic rings. The largest absolute Gasteiger partial charge is 0.468 e. The number of esters is 1. The Bertz CT molecular complexity index is 1100. The Balaban J connectivity index is 1.82. The molecule has 0 aliphatic carbocycles. The van der Waals surface area contributed by atoms with Crippen molar-refractivity contribution in [1.29, 1.82) is 0 Å². The Morgan fingerprint density at radius 2 is 1.91 bits per heavy atom. The fraction of sp³-hybridized carbons (Fsp3) is 0.450. The van der Waals surface area contributed by atoms with E-state index in [1.54, 1.807) is 18.2 Å². The number of nitrogens with zero attached hydrogens (tertiary/aromatic N) is 2. The number of para-hydroxylation sites is 1. The standard InChI is InChI=1S/C20H27N4O9P/c1-11(19(27)30-3)23-34(29,33-13-7-5-4-6-8-13)32-12(2)17-15(25)16(26)18(31-17)24-10-9-14(21)22-20(24)28/h4-12,15-18,25-26H,1-3H3,(H,23,29)(H2,21,22,28)/t11-,12-,15?,16-,17?,18+,34?/m0/s1. The number of nitrogens with one attached hydrogen (secondary N) is 1. The highest BCUT2D eigenvalue weighted by Gasteiger charge is 2.49. The predicted octanol–water partition coefficient (Wildman–Crippen LogP) is 0.188. The lowest BCUT2D eigenvalue weighted by Gasteiger charge is -2.28. The van der Waals surface area contributed by atoms with Gasteiger partial charge in [0.15, 0.2) is 6.23 Å². The highest BCUT2D eigenvalue weighted by molar-refractivity contribution is 7.52. The summed E-state index contributed by atoms with van der Waals surface area (Å²) in [6.45, 7) is 2.83. The molecule has 3 unspecified atom stereocenters. The number of aliphatic hydroxyl groups excluding tert-OH is 2. The first-order chi connectivity index (χ1) is 16.0. The van der Waals surface area contributed by atoms with E-state index in [0.29, 0.717) is 0 Å². The Kier molecular flexibility index (Phi) is 8.08. The van der Waals surface area contributed by atoms with E-state index in [4.69, 9.17) is 19.5 Å². The quantitative estimate of drug-likeness (QED) is 0.272. The van der Waals surface area contributed by atoms with Crippen LogP contribution in [0, 0.1) is 0 Å². The van der Waals surface area contributed by atoms with Gasteiger partial charge in [-0.1, -0.05) is 18.2 Å². The number of carbonyl (C=O) groups is 1. The van der Waals surface area contributed by atoms with Crippen LogP contribution in [0.1, 0.15) is 20.1 Å². The summed E-state index contributed by atoms with van der Waals surface area (Å²) in [5.74, 6) is -0.545. The van der Waals surface area contributed by atoms with Crippen molar-refractivity contribution in [2.24, 2.45) is 0 Å². The molecule has 1 aromatic carbocycles. The van der Waals surface area contributed by atoms with Crippen LogP contribution in [0.3, 0.4) is 0 Å². The summed E-state index contributed by atoms with van der Waals surface area (Å²) in [5, 5.41) is 23.5. The Morgan fingerprint density at radius 1 is 1.24 bits per heavy atom. The lowest BCUT2D eigenvalue weighted by Crippen LogP contribution is -2.41. The summed E-state index contributed by atoms with van der Waals surface area (Å²) < 4.78 is 36.0. The molecule has 13 nitrogen and oxygen atoms in total. The summed E-state index contributed by atoms with van der Waals surface area (Å²) >= 11 is 0. The van der Waals surface area contributed by atoms with E-state index in [1.165, 1.54) is 45.4 Å². The van der Waals surface area contributed by atoms with Crippen LogP contribution >= 0.6 is 7.75 Å². The highest BCUT2D eigenvalue weighted by Crippen LogP contribution is 2.47. The second kappa shape index (κ2) is 10.6. The number of aromatic nitrogens is 2. The average molecular weight is 498 g/mol. The van der Waals surface area contributed by atoms with Crippen LogP contribution in [0.5, 0.6) is 5.75 Å². The number of methoxy groups -OCH3 is 1. The molecule has 7 atom stereocenters. The summed E-state index contributed by atoms with van der Waals surface area (Å²) in [4.78, 5) is 27.6. The third-order valence-corrected chi connectivity index (χ3v) is 6.81. The first kappa shape index (κ1) is 25.8. The van der Waals surface area contributed by atoms with Gasteiger partial charge in [0.05, 0.1) is 13.2 Å². The van der Waals surface area contributed by atoms with E-state index >= 15 is 0 Å². The minimum atomic E-state index is -4.25. The zero-order valence-electron chi connectivity index (χ0n) is 18.7. The van der Waals surface area contributed by atoms with Crippen LogP contribution in [0.4, 0.5) is 5.82 Å². The molecule has 1 aliphatic rings. The third-order valence-electron chi connectivity index (χ3n) is 5.04. The fourth-order valence-electron chi connectivity index (χ4n) is 3.37. The van der Waals surface area contributed by atoms with Gasteiger partial charge in [0.25, 0.3) is 0 Å². The van der Waals surface area contributed by atoms with Gasteiger partial charge in [-0.15, -0.1) is 0 Å². The van der Waals surface area contributed by atoms with Gasteiger partial charge in [-0.3, -0.25) is 13.9 Å². The lowest BCUT2D eigenvalue weighted by atomic mass is 10.1. The number of ether oxygens (including phenoxy) is 2. The molecule has 34 heavy (non-hydrogen) atoms. The van der Waals surface area contributed by atoms with E-state index < -0.39 is 56.1 Å². The Morgan fingerprint density at radius 3 is 2.53 bits per heavy atom. The van der Waals surface area contributed by atoms with Gasteiger partial charge < -0.3 is 29.9 Å². The maximum absolute atomic E-state index is 13.6. The van der Waals surface area contributed by atoms with Crippen LogP contribution in [0.25, 0.3) is 0 Å². The second-order valence-corrected chi connectivity index (χ2v) is 9.25. The lowest BCUT2D eigenvalue weighted by molar-refractivity contribution is -0.142. The van der Waals surface area contributed by atoms with Gasteiger partial charge in [-0.2, -0.15) is 10.1 Å². The number of rotatable bonds is 9. The van der Waals surface area contributed by atoms with Crippen molar-refractivity contribution in [3.05, 3.63) is 53.1 Å². The molecule has 3 rings (SSSR count).